The lowest BCUT2D eigenvalue weighted by molar-refractivity contribution is 0.0702. The maximum atomic E-state index is 13.5. The van der Waals surface area contributed by atoms with E-state index in [1.165, 1.54) is 18.3 Å². The molecule has 5 rings (SSSR count). The normalized spacial score (nSPS) is 16.2. The van der Waals surface area contributed by atoms with Gasteiger partial charge in [-0.15, -0.1) is 0 Å². The smallest absolute Gasteiger partial charge is 0.259 e. The van der Waals surface area contributed by atoms with Gasteiger partial charge in [0.15, 0.2) is 5.76 Å². The predicted octanol–water partition coefficient (Wildman–Crippen LogP) is 4.60. The molecule has 3 aromatic heterocycles. The minimum absolute atomic E-state index is 0.0329. The zero-order valence-electron chi connectivity index (χ0n) is 19.1. The molecule has 1 aliphatic heterocycles. The average Bonchev–Trinajstić information content (AvgIpc) is 3.53. The number of nitrogens with zero attached hydrogens (tertiary/aromatic N) is 6. The third kappa shape index (κ3) is 4.21. The van der Waals surface area contributed by atoms with Crippen molar-refractivity contribution in [2.24, 2.45) is 0 Å². The van der Waals surface area contributed by atoms with Gasteiger partial charge in [0.2, 0.25) is 0 Å². The van der Waals surface area contributed by atoms with E-state index in [-0.39, 0.29) is 23.6 Å². The Kier molecular flexibility index (Phi) is 5.91. The number of benzene rings is 1. The minimum Gasteiger partial charge on any atom is -0.360 e. The number of hydrogen-bond acceptors (Lipinski definition) is 6. The largest absolute Gasteiger partial charge is 0.360 e. The Morgan fingerprint density at radius 2 is 1.94 bits per heavy atom. The first-order chi connectivity index (χ1) is 16.5. The molecule has 9 heteroatoms. The topological polar surface area (TPSA) is 89.9 Å². The van der Waals surface area contributed by atoms with Crippen molar-refractivity contribution >= 4 is 5.91 Å². The van der Waals surface area contributed by atoms with Crippen molar-refractivity contribution in [3.8, 4) is 17.2 Å². The molecule has 174 valence electrons. The van der Waals surface area contributed by atoms with Crippen LogP contribution in [0.3, 0.4) is 0 Å². The van der Waals surface area contributed by atoms with Gasteiger partial charge in [-0.1, -0.05) is 19.0 Å². The van der Waals surface area contributed by atoms with Crippen LogP contribution in [0.15, 0.2) is 59.5 Å². The van der Waals surface area contributed by atoms with Crippen LogP contribution in [-0.4, -0.2) is 48.8 Å². The first kappa shape index (κ1) is 21.9. The number of carbonyl (C=O) groups is 1. The quantitative estimate of drug-likeness (QED) is 0.432. The van der Waals surface area contributed by atoms with Crippen molar-refractivity contribution in [2.75, 3.05) is 13.1 Å². The second-order valence-corrected chi connectivity index (χ2v) is 8.77. The van der Waals surface area contributed by atoms with Crippen molar-refractivity contribution < 1.29 is 13.7 Å². The lowest BCUT2D eigenvalue weighted by Crippen LogP contribution is -2.39. The average molecular weight is 461 g/mol. The summed E-state index contributed by atoms with van der Waals surface area (Å²) in [7, 11) is 0. The third-order valence-electron chi connectivity index (χ3n) is 6.10. The second-order valence-electron chi connectivity index (χ2n) is 8.77. The van der Waals surface area contributed by atoms with Crippen LogP contribution in [0.4, 0.5) is 4.39 Å². The van der Waals surface area contributed by atoms with E-state index in [1.807, 2.05) is 24.8 Å². The first-order valence-electron chi connectivity index (χ1n) is 11.4. The highest BCUT2D eigenvalue weighted by molar-refractivity contribution is 5.95. The molecule has 4 heterocycles. The summed E-state index contributed by atoms with van der Waals surface area (Å²) in [5, 5.41) is 8.61. The molecular weight excluding hydrogens is 435 g/mol. The molecule has 8 nitrogen and oxygen atoms in total. The van der Waals surface area contributed by atoms with Crippen LogP contribution in [0.25, 0.3) is 17.2 Å². The molecule has 1 unspecified atom stereocenters. The Morgan fingerprint density at radius 3 is 2.68 bits per heavy atom. The van der Waals surface area contributed by atoms with Crippen LogP contribution in [0, 0.1) is 5.82 Å². The minimum atomic E-state index is -0.300. The summed E-state index contributed by atoms with van der Waals surface area (Å²) in [6.45, 7) is 5.15. The van der Waals surface area contributed by atoms with E-state index < -0.39 is 0 Å². The Labute approximate surface area is 196 Å². The monoisotopic (exact) mass is 460 g/mol. The van der Waals surface area contributed by atoms with E-state index in [0.717, 1.165) is 24.1 Å². The van der Waals surface area contributed by atoms with E-state index in [0.29, 0.717) is 36.1 Å². The van der Waals surface area contributed by atoms with Crippen LogP contribution in [0.5, 0.6) is 0 Å². The van der Waals surface area contributed by atoms with Crippen LogP contribution in [-0.2, 0) is 0 Å². The van der Waals surface area contributed by atoms with Gasteiger partial charge in [-0.3, -0.25) is 4.79 Å². The highest BCUT2D eigenvalue weighted by Crippen LogP contribution is 2.32. The summed E-state index contributed by atoms with van der Waals surface area (Å²) in [4.78, 5) is 23.9. The van der Waals surface area contributed by atoms with Crippen molar-refractivity contribution in [1.29, 1.82) is 0 Å². The van der Waals surface area contributed by atoms with Crippen molar-refractivity contribution in [3.05, 3.63) is 77.8 Å². The van der Waals surface area contributed by atoms with Gasteiger partial charge in [0.25, 0.3) is 11.9 Å². The second kappa shape index (κ2) is 9.17. The number of rotatable bonds is 5. The molecular formula is C25H25FN6O2. The maximum absolute atomic E-state index is 13.5. The molecule has 0 spiro atoms. The highest BCUT2D eigenvalue weighted by atomic mass is 19.1. The summed E-state index contributed by atoms with van der Waals surface area (Å²) >= 11 is 0. The number of aromatic nitrogens is 5. The molecule has 0 aliphatic carbocycles. The van der Waals surface area contributed by atoms with E-state index in [4.69, 9.17) is 9.62 Å². The summed E-state index contributed by atoms with van der Waals surface area (Å²) in [6, 6.07) is 9.97. The lowest BCUT2D eigenvalue weighted by atomic mass is 9.93. The maximum Gasteiger partial charge on any atom is 0.259 e. The molecule has 1 fully saturated rings. The summed E-state index contributed by atoms with van der Waals surface area (Å²) in [5.74, 6) is 0.785. The zero-order chi connectivity index (χ0) is 23.7. The van der Waals surface area contributed by atoms with Gasteiger partial charge >= 0.3 is 0 Å². The first-order valence-corrected chi connectivity index (χ1v) is 11.4. The van der Waals surface area contributed by atoms with Gasteiger partial charge in [-0.05, 0) is 49.2 Å². The van der Waals surface area contributed by atoms with E-state index in [1.54, 1.807) is 35.3 Å². The molecule has 4 aromatic rings. The standard InChI is InChI=1S/C25H25FN6O2/c1-16(2)23-20(14-29-34-23)24(33)31-12-3-5-18(15-31)22-13-21(17-6-8-19(26)9-7-17)30-32(22)25-27-10-4-11-28-25/h4,6-11,13-14,16,18H,3,5,12,15H2,1-2H3. The predicted molar refractivity (Wildman–Crippen MR) is 123 cm³/mol. The van der Waals surface area contributed by atoms with Gasteiger partial charge in [-0.25, -0.2) is 19.0 Å². The summed E-state index contributed by atoms with van der Waals surface area (Å²) < 4.78 is 20.5. The fraction of sp³-hybridized carbons (Fsp3) is 0.320. The highest BCUT2D eigenvalue weighted by Gasteiger charge is 2.31. The van der Waals surface area contributed by atoms with E-state index in [2.05, 4.69) is 15.1 Å². The van der Waals surface area contributed by atoms with Crippen molar-refractivity contribution in [1.82, 2.24) is 29.8 Å². The van der Waals surface area contributed by atoms with E-state index >= 15 is 0 Å². The third-order valence-corrected chi connectivity index (χ3v) is 6.10. The van der Waals surface area contributed by atoms with Gasteiger partial charge in [0.1, 0.15) is 11.4 Å². The lowest BCUT2D eigenvalue weighted by Gasteiger charge is -2.32. The van der Waals surface area contributed by atoms with Gasteiger partial charge in [0.05, 0.1) is 17.6 Å². The zero-order valence-corrected chi connectivity index (χ0v) is 19.1. The summed E-state index contributed by atoms with van der Waals surface area (Å²) in [5.41, 5.74) is 2.93. The Morgan fingerprint density at radius 1 is 1.18 bits per heavy atom. The van der Waals surface area contributed by atoms with Crippen molar-refractivity contribution in [2.45, 2.75) is 38.5 Å². The molecule has 34 heavy (non-hydrogen) atoms. The van der Waals surface area contributed by atoms with Crippen LogP contribution >= 0.6 is 0 Å². The molecule has 1 aromatic carbocycles. The Balaban J connectivity index is 1.49. The molecule has 0 bridgehead atoms. The molecule has 1 aliphatic rings. The molecule has 1 amide bonds. The molecule has 1 atom stereocenters. The number of hydrogen-bond donors (Lipinski definition) is 0. The van der Waals surface area contributed by atoms with Crippen LogP contribution in [0.1, 0.15) is 60.3 Å². The number of carbonyl (C=O) groups excluding carboxylic acids is 1. The van der Waals surface area contributed by atoms with Crippen LogP contribution < -0.4 is 0 Å². The Bertz CT molecular complexity index is 1280. The fourth-order valence-electron chi connectivity index (χ4n) is 4.41. The van der Waals surface area contributed by atoms with Gasteiger partial charge < -0.3 is 9.42 Å². The van der Waals surface area contributed by atoms with E-state index in [9.17, 15) is 9.18 Å². The summed E-state index contributed by atoms with van der Waals surface area (Å²) in [6.07, 6.45) is 6.59. The van der Waals surface area contributed by atoms with Gasteiger partial charge in [0, 0.05) is 42.9 Å². The number of piperidine rings is 1. The molecule has 1 saturated heterocycles. The van der Waals surface area contributed by atoms with Crippen LogP contribution in [0.2, 0.25) is 0 Å². The molecule has 0 radical (unpaired) electrons. The van der Waals surface area contributed by atoms with Crippen molar-refractivity contribution in [3.63, 3.8) is 0 Å². The number of halogens is 1. The molecule has 0 saturated carbocycles. The SMILES string of the molecule is CC(C)c1oncc1C(=O)N1CCCC(c2cc(-c3ccc(F)cc3)nn2-c2ncccn2)C1. The van der Waals surface area contributed by atoms with Gasteiger partial charge in [-0.2, -0.15) is 5.10 Å². The Hall–Kier alpha value is -3.88. The fourth-order valence-corrected chi connectivity index (χ4v) is 4.41. The molecule has 0 N–H and O–H groups in total. The number of amides is 1. The number of likely N-dealkylation sites (tertiary alicyclic amines) is 1.